The number of nitrogens with one attached hydrogen (secondary N) is 1. The van der Waals surface area contributed by atoms with Crippen LogP contribution in [0, 0.1) is 13.8 Å². The highest BCUT2D eigenvalue weighted by Crippen LogP contribution is 2.39. The summed E-state index contributed by atoms with van der Waals surface area (Å²) in [5.74, 6) is 0.670. The van der Waals surface area contributed by atoms with Gasteiger partial charge in [-0.25, -0.2) is 14.6 Å². The number of para-hydroxylation sites is 1. The lowest BCUT2D eigenvalue weighted by Crippen LogP contribution is -2.31. The van der Waals surface area contributed by atoms with Crippen LogP contribution in [0.25, 0.3) is 27.8 Å². The fraction of sp³-hybridized carbons (Fsp3) is 0.192. The molecule has 0 unspecified atom stereocenters. The molecule has 0 radical (unpaired) electrons. The summed E-state index contributed by atoms with van der Waals surface area (Å²) in [7, 11) is 0. The van der Waals surface area contributed by atoms with Gasteiger partial charge in [-0.1, -0.05) is 47.5 Å². The van der Waals surface area contributed by atoms with Crippen LogP contribution in [0.4, 0.5) is 5.95 Å². The molecule has 6 nitrogen and oxygen atoms in total. The van der Waals surface area contributed by atoms with Crippen LogP contribution < -0.4 is 4.90 Å². The van der Waals surface area contributed by atoms with Gasteiger partial charge in [0.05, 0.1) is 45.0 Å². The summed E-state index contributed by atoms with van der Waals surface area (Å²) in [6.07, 6.45) is 6.02. The number of hydrogen-bond donors (Lipinski definition) is 1. The van der Waals surface area contributed by atoms with E-state index >= 15 is 0 Å². The summed E-state index contributed by atoms with van der Waals surface area (Å²) in [6.45, 7) is 5.71. The van der Waals surface area contributed by atoms with Gasteiger partial charge in [0.1, 0.15) is 0 Å². The van der Waals surface area contributed by atoms with Crippen molar-refractivity contribution in [2.45, 2.75) is 26.8 Å². The van der Waals surface area contributed by atoms with E-state index in [-0.39, 0.29) is 0 Å². The highest BCUT2D eigenvalue weighted by molar-refractivity contribution is 6.35. The van der Waals surface area contributed by atoms with E-state index in [4.69, 9.17) is 28.3 Å². The molecule has 0 saturated heterocycles. The molecule has 1 N–H and O–H groups in total. The van der Waals surface area contributed by atoms with Gasteiger partial charge >= 0.3 is 0 Å². The van der Waals surface area contributed by atoms with Gasteiger partial charge in [-0.05, 0) is 37.1 Å². The number of fused-ring (bicyclic) bond motifs is 2. The summed E-state index contributed by atoms with van der Waals surface area (Å²) in [4.78, 5) is 14.4. The number of aromatic amines is 1. The average Bonchev–Trinajstić information content (AvgIpc) is 3.46. The first-order valence-electron chi connectivity index (χ1n) is 11.2. The second kappa shape index (κ2) is 8.15. The molecule has 8 heteroatoms. The van der Waals surface area contributed by atoms with Gasteiger partial charge in [0, 0.05) is 42.2 Å². The normalized spacial score (nSPS) is 13.5. The lowest BCUT2D eigenvalue weighted by molar-refractivity contribution is 0.695. The van der Waals surface area contributed by atoms with Crippen LogP contribution in [0.15, 0.2) is 55.0 Å². The second-order valence-electron chi connectivity index (χ2n) is 8.66. The SMILES string of the molecule is Cc1cccc(C)c1-n1nc2c(c1-c1ccc(Cl)c3[nH]ccc13)CN(c1ncc(Cl)cn1)CC2. The quantitative estimate of drug-likeness (QED) is 0.323. The number of nitrogens with zero attached hydrogens (tertiary/aromatic N) is 5. The first-order valence-corrected chi connectivity index (χ1v) is 11.9. The van der Waals surface area contributed by atoms with Crippen LogP contribution in [-0.4, -0.2) is 31.3 Å². The van der Waals surface area contributed by atoms with E-state index in [1.807, 2.05) is 12.3 Å². The van der Waals surface area contributed by atoms with Gasteiger partial charge in [-0.3, -0.25) is 0 Å². The number of halogens is 2. The topological polar surface area (TPSA) is 62.6 Å². The second-order valence-corrected chi connectivity index (χ2v) is 9.50. The number of H-pyrrole nitrogens is 1. The van der Waals surface area contributed by atoms with Gasteiger partial charge in [-0.2, -0.15) is 5.10 Å². The Morgan fingerprint density at radius 1 is 0.971 bits per heavy atom. The van der Waals surface area contributed by atoms with Crippen LogP contribution in [-0.2, 0) is 13.0 Å². The maximum Gasteiger partial charge on any atom is 0.225 e. The molecule has 0 atom stereocenters. The van der Waals surface area contributed by atoms with Gasteiger partial charge in [0.25, 0.3) is 0 Å². The minimum atomic E-state index is 0.529. The van der Waals surface area contributed by atoms with Crippen LogP contribution in [0.3, 0.4) is 0 Å². The zero-order chi connectivity index (χ0) is 23.4. The molecular weight excluding hydrogens is 467 g/mol. The largest absolute Gasteiger partial charge is 0.360 e. The van der Waals surface area contributed by atoms with Gasteiger partial charge in [0.15, 0.2) is 0 Å². The van der Waals surface area contributed by atoms with Gasteiger partial charge in [-0.15, -0.1) is 0 Å². The minimum absolute atomic E-state index is 0.529. The third kappa shape index (κ3) is 3.37. The molecule has 6 rings (SSSR count). The smallest absolute Gasteiger partial charge is 0.225 e. The first-order chi connectivity index (χ1) is 16.5. The fourth-order valence-corrected chi connectivity index (χ4v) is 5.24. The first kappa shape index (κ1) is 21.2. The van der Waals surface area contributed by atoms with Crippen LogP contribution in [0.2, 0.25) is 10.0 Å². The highest BCUT2D eigenvalue weighted by Gasteiger charge is 2.29. The summed E-state index contributed by atoms with van der Waals surface area (Å²) >= 11 is 12.5. The zero-order valence-corrected chi connectivity index (χ0v) is 20.3. The molecular formula is C26H22Cl2N6. The molecule has 0 saturated carbocycles. The fourth-order valence-electron chi connectivity index (χ4n) is 4.92. The maximum absolute atomic E-state index is 6.51. The molecule has 0 bridgehead atoms. The minimum Gasteiger partial charge on any atom is -0.360 e. The van der Waals surface area contributed by atoms with Crippen molar-refractivity contribution < 1.29 is 0 Å². The monoisotopic (exact) mass is 488 g/mol. The number of rotatable bonds is 3. The molecule has 0 spiro atoms. The Balaban J connectivity index is 1.60. The van der Waals surface area contributed by atoms with Crippen molar-refractivity contribution in [3.8, 4) is 16.9 Å². The molecule has 170 valence electrons. The Kier molecular flexibility index (Phi) is 5.08. The lowest BCUT2D eigenvalue weighted by Gasteiger charge is -2.27. The Morgan fingerprint density at radius 2 is 1.74 bits per heavy atom. The molecule has 0 aliphatic carbocycles. The van der Waals surface area contributed by atoms with E-state index in [0.29, 0.717) is 22.5 Å². The molecule has 2 aromatic carbocycles. The average molecular weight is 489 g/mol. The standard InChI is InChI=1S/C26H22Cl2N6/c1-15-4-3-5-16(2)24(15)34-25(19-6-7-21(28)23-18(19)8-10-29-23)20-14-33(11-9-22(20)32-34)26-30-12-17(27)13-31-26/h3-8,10,12-13,29H,9,11,14H2,1-2H3. The lowest BCUT2D eigenvalue weighted by atomic mass is 9.98. The Bertz CT molecular complexity index is 1510. The third-order valence-electron chi connectivity index (χ3n) is 6.50. The molecule has 3 aromatic heterocycles. The predicted octanol–water partition coefficient (Wildman–Crippen LogP) is 6.30. The Labute approximate surface area is 207 Å². The van der Waals surface area contributed by atoms with Crippen molar-refractivity contribution in [3.05, 3.63) is 87.4 Å². The zero-order valence-electron chi connectivity index (χ0n) is 18.8. The number of aromatic nitrogens is 5. The summed E-state index contributed by atoms with van der Waals surface area (Å²) in [5.41, 5.74) is 8.84. The van der Waals surface area contributed by atoms with Crippen molar-refractivity contribution in [1.82, 2.24) is 24.7 Å². The van der Waals surface area contributed by atoms with Crippen molar-refractivity contribution in [2.75, 3.05) is 11.4 Å². The third-order valence-corrected chi connectivity index (χ3v) is 7.01. The Hall–Kier alpha value is -3.35. The van der Waals surface area contributed by atoms with Crippen LogP contribution in [0.5, 0.6) is 0 Å². The van der Waals surface area contributed by atoms with E-state index in [0.717, 1.165) is 46.5 Å². The molecule has 1 aliphatic rings. The molecule has 1 aliphatic heterocycles. The molecule has 5 aromatic rings. The van der Waals surface area contributed by atoms with Gasteiger partial charge < -0.3 is 9.88 Å². The van der Waals surface area contributed by atoms with E-state index in [9.17, 15) is 0 Å². The predicted molar refractivity (Wildman–Crippen MR) is 137 cm³/mol. The number of aryl methyl sites for hydroxylation is 2. The Morgan fingerprint density at radius 3 is 2.50 bits per heavy atom. The van der Waals surface area contributed by atoms with E-state index in [1.165, 1.54) is 16.7 Å². The van der Waals surface area contributed by atoms with Crippen LogP contribution >= 0.6 is 23.2 Å². The van der Waals surface area contributed by atoms with Crippen molar-refractivity contribution in [3.63, 3.8) is 0 Å². The summed E-state index contributed by atoms with van der Waals surface area (Å²) < 4.78 is 2.12. The van der Waals surface area contributed by atoms with Crippen molar-refractivity contribution >= 4 is 40.1 Å². The number of anilines is 1. The number of benzene rings is 2. The van der Waals surface area contributed by atoms with Crippen molar-refractivity contribution in [1.29, 1.82) is 0 Å². The summed E-state index contributed by atoms with van der Waals surface area (Å²) in [6, 6.07) is 12.5. The highest BCUT2D eigenvalue weighted by atomic mass is 35.5. The molecule has 0 fully saturated rings. The molecule has 4 heterocycles. The molecule has 0 amide bonds. The van der Waals surface area contributed by atoms with E-state index in [1.54, 1.807) is 12.4 Å². The van der Waals surface area contributed by atoms with Crippen molar-refractivity contribution in [2.24, 2.45) is 0 Å². The summed E-state index contributed by atoms with van der Waals surface area (Å²) in [5, 5.41) is 7.46. The maximum atomic E-state index is 6.51. The van der Waals surface area contributed by atoms with Crippen LogP contribution in [0.1, 0.15) is 22.4 Å². The number of hydrogen-bond acceptors (Lipinski definition) is 4. The van der Waals surface area contributed by atoms with Gasteiger partial charge in [0.2, 0.25) is 5.95 Å². The van der Waals surface area contributed by atoms with E-state index < -0.39 is 0 Å². The van der Waals surface area contributed by atoms with E-state index in [2.05, 4.69) is 68.7 Å². The molecule has 34 heavy (non-hydrogen) atoms.